The molecule has 2 unspecified atom stereocenters. The van der Waals surface area contributed by atoms with Crippen molar-refractivity contribution in [1.29, 1.82) is 0 Å². The molecule has 0 bridgehead atoms. The highest BCUT2D eigenvalue weighted by Crippen LogP contribution is 2.30. The number of carboxylic acids is 1. The van der Waals surface area contributed by atoms with Crippen LogP contribution in [0.4, 0.5) is 0 Å². The minimum absolute atomic E-state index is 0.0249. The Morgan fingerprint density at radius 1 is 0.941 bits per heavy atom. The number of aliphatic carboxylic acids is 1. The number of unbranched alkanes of at least 4 members (excludes halogenated alkanes) is 4. The number of carboxylic acid groups (broad SMARTS) is 1. The lowest BCUT2D eigenvalue weighted by Crippen LogP contribution is -2.59. The number of amides is 2. The summed E-state index contributed by atoms with van der Waals surface area (Å²) in [5, 5.41) is 15.4. The fourth-order valence-corrected chi connectivity index (χ4v) is 6.89. The summed E-state index contributed by atoms with van der Waals surface area (Å²) in [6, 6.07) is 17.6. The number of hydrogen-bond acceptors (Lipinski definition) is 8. The Kier molecular flexibility index (Phi) is 13.0. The van der Waals surface area contributed by atoms with E-state index in [-0.39, 0.29) is 30.2 Å². The summed E-state index contributed by atoms with van der Waals surface area (Å²) in [4.78, 5) is 51.2. The fraction of sp³-hybridized carbons (Fsp3) is 0.425. The Bertz CT molecular complexity index is 1750. The van der Waals surface area contributed by atoms with Gasteiger partial charge < -0.3 is 25.4 Å². The van der Waals surface area contributed by atoms with Crippen LogP contribution in [0.1, 0.15) is 79.9 Å². The molecule has 2 atom stereocenters. The van der Waals surface area contributed by atoms with Crippen LogP contribution in [0.2, 0.25) is 0 Å². The van der Waals surface area contributed by atoms with Gasteiger partial charge in [-0.3, -0.25) is 14.4 Å². The van der Waals surface area contributed by atoms with Crippen LogP contribution in [0.3, 0.4) is 0 Å². The molecule has 4 aromatic rings. The molecule has 3 heterocycles. The van der Waals surface area contributed by atoms with E-state index >= 15 is 0 Å². The van der Waals surface area contributed by atoms with Gasteiger partial charge in [0.1, 0.15) is 17.8 Å². The zero-order valence-electron chi connectivity index (χ0n) is 30.0. The van der Waals surface area contributed by atoms with E-state index in [1.807, 2.05) is 54.6 Å². The molecule has 1 aliphatic heterocycles. The number of ether oxygens (including phenoxy) is 1. The lowest BCUT2D eigenvalue weighted by atomic mass is 9.95. The van der Waals surface area contributed by atoms with Crippen molar-refractivity contribution in [3.8, 4) is 28.3 Å². The fourth-order valence-electron chi connectivity index (χ4n) is 5.92. The van der Waals surface area contributed by atoms with Crippen molar-refractivity contribution in [3.63, 3.8) is 0 Å². The molecule has 1 fully saturated rings. The maximum atomic E-state index is 13.8. The van der Waals surface area contributed by atoms with E-state index in [9.17, 15) is 19.5 Å². The van der Waals surface area contributed by atoms with E-state index in [4.69, 9.17) is 4.74 Å². The predicted octanol–water partition coefficient (Wildman–Crippen LogP) is 6.74. The van der Waals surface area contributed by atoms with Gasteiger partial charge in [-0.1, -0.05) is 89.8 Å². The molecule has 0 spiro atoms. The molecule has 270 valence electrons. The minimum atomic E-state index is -1.02. The molecule has 10 nitrogen and oxygen atoms in total. The summed E-state index contributed by atoms with van der Waals surface area (Å²) in [7, 11) is 0. The maximum Gasteiger partial charge on any atom is 0.322 e. The number of benzene rings is 2. The number of thiophene rings is 1. The summed E-state index contributed by atoms with van der Waals surface area (Å²) < 4.78 is 5.90. The van der Waals surface area contributed by atoms with Crippen molar-refractivity contribution in [2.24, 2.45) is 0 Å². The average molecular weight is 712 g/mol. The van der Waals surface area contributed by atoms with Gasteiger partial charge in [0.25, 0.3) is 5.91 Å². The van der Waals surface area contributed by atoms with Crippen LogP contribution in [0.5, 0.6) is 5.75 Å². The van der Waals surface area contributed by atoms with E-state index < -0.39 is 18.1 Å². The normalized spacial score (nSPS) is 15.3. The molecule has 2 amide bonds. The first kappa shape index (κ1) is 37.6. The second-order valence-electron chi connectivity index (χ2n) is 14.1. The molecule has 2 aromatic heterocycles. The zero-order chi connectivity index (χ0) is 36.4. The van der Waals surface area contributed by atoms with Gasteiger partial charge in [0, 0.05) is 54.5 Å². The predicted molar refractivity (Wildman–Crippen MR) is 201 cm³/mol. The van der Waals surface area contributed by atoms with Crippen molar-refractivity contribution >= 4 is 29.1 Å². The second-order valence-corrected chi connectivity index (χ2v) is 15.1. The number of hydrogen-bond donors (Lipinski definition) is 3. The third-order valence-corrected chi connectivity index (χ3v) is 10.5. The van der Waals surface area contributed by atoms with Gasteiger partial charge in [0.15, 0.2) is 5.82 Å². The van der Waals surface area contributed by atoms with Gasteiger partial charge in [0.05, 0.1) is 11.5 Å². The van der Waals surface area contributed by atoms with Crippen molar-refractivity contribution in [2.75, 3.05) is 26.2 Å². The minimum Gasteiger partial charge on any atom is -0.494 e. The highest BCUT2D eigenvalue weighted by molar-refractivity contribution is 7.14. The van der Waals surface area contributed by atoms with Gasteiger partial charge in [-0.2, -0.15) is 0 Å². The Hall–Kier alpha value is -4.61. The lowest BCUT2D eigenvalue weighted by Gasteiger charge is -2.34. The van der Waals surface area contributed by atoms with Crippen LogP contribution in [-0.4, -0.2) is 76.1 Å². The molecule has 51 heavy (non-hydrogen) atoms. The average Bonchev–Trinajstić information content (AvgIpc) is 3.65. The standard InChI is InChI=1S/C40H49N5O5S/c1-5-6-7-8-9-22-50-31-16-14-28(15-17-31)30-24-42-36(43-25-30)29-12-10-27(11-13-29)23-32(38(47)45-21-20-41-33(26-45)39(48)49)44-37(46)34-18-19-35(51-34)40(2,3)4/h10-19,24-25,32-33,41H,5-9,20-23,26H2,1-4H3,(H,44,46)(H,48,49). The SMILES string of the molecule is CCCCCCCOc1ccc(-c2cnc(-c3ccc(CC(NC(=O)c4ccc(C(C)(C)C)s4)C(=O)N4CCNC(C(=O)O)C4)cc3)nc2)cc1. The first-order chi connectivity index (χ1) is 24.5. The quantitative estimate of drug-likeness (QED) is 0.116. The van der Waals surface area contributed by atoms with E-state index in [0.29, 0.717) is 23.8 Å². The Labute approximate surface area is 304 Å². The highest BCUT2D eigenvalue weighted by Gasteiger charge is 2.33. The van der Waals surface area contributed by atoms with Crippen LogP contribution in [0, 0.1) is 0 Å². The van der Waals surface area contributed by atoms with Crippen LogP contribution in [0.25, 0.3) is 22.5 Å². The molecule has 11 heteroatoms. The topological polar surface area (TPSA) is 134 Å². The van der Waals surface area contributed by atoms with Gasteiger partial charge in [-0.05, 0) is 47.2 Å². The summed E-state index contributed by atoms with van der Waals surface area (Å²) in [6.07, 6.45) is 9.86. The van der Waals surface area contributed by atoms with E-state index in [0.717, 1.165) is 45.9 Å². The summed E-state index contributed by atoms with van der Waals surface area (Å²) in [6.45, 7) is 9.94. The van der Waals surface area contributed by atoms with Crippen LogP contribution in [-0.2, 0) is 21.4 Å². The Balaban J connectivity index is 1.24. The first-order valence-corrected chi connectivity index (χ1v) is 18.6. The monoisotopic (exact) mass is 711 g/mol. The third-order valence-electron chi connectivity index (χ3n) is 8.97. The Morgan fingerprint density at radius 3 is 2.27 bits per heavy atom. The van der Waals surface area contributed by atoms with E-state index in [1.165, 1.54) is 41.9 Å². The smallest absolute Gasteiger partial charge is 0.322 e. The second kappa shape index (κ2) is 17.5. The summed E-state index contributed by atoms with van der Waals surface area (Å²) >= 11 is 1.41. The number of nitrogens with zero attached hydrogens (tertiary/aromatic N) is 3. The number of rotatable bonds is 15. The van der Waals surface area contributed by atoms with Gasteiger partial charge in [0.2, 0.25) is 5.91 Å². The van der Waals surface area contributed by atoms with Crippen molar-refractivity contribution in [2.45, 2.75) is 83.7 Å². The Morgan fingerprint density at radius 2 is 1.63 bits per heavy atom. The van der Waals surface area contributed by atoms with E-state index in [2.05, 4.69) is 48.3 Å². The van der Waals surface area contributed by atoms with Gasteiger partial charge in [-0.15, -0.1) is 11.3 Å². The molecule has 0 saturated carbocycles. The number of nitrogens with one attached hydrogen (secondary N) is 2. The van der Waals surface area contributed by atoms with Crippen LogP contribution < -0.4 is 15.4 Å². The molecule has 1 aliphatic rings. The molecule has 2 aromatic carbocycles. The molecule has 1 saturated heterocycles. The van der Waals surface area contributed by atoms with Crippen molar-refractivity contribution < 1.29 is 24.2 Å². The molecular weight excluding hydrogens is 663 g/mol. The molecule has 5 rings (SSSR count). The molecule has 3 N–H and O–H groups in total. The number of piperazine rings is 1. The number of aromatic nitrogens is 2. The number of carbonyl (C=O) groups excluding carboxylic acids is 2. The number of carbonyl (C=O) groups is 3. The maximum absolute atomic E-state index is 13.8. The first-order valence-electron chi connectivity index (χ1n) is 17.8. The zero-order valence-corrected chi connectivity index (χ0v) is 30.8. The van der Waals surface area contributed by atoms with Gasteiger partial charge in [-0.25, -0.2) is 9.97 Å². The van der Waals surface area contributed by atoms with Crippen LogP contribution in [0.15, 0.2) is 73.1 Å². The van der Waals surface area contributed by atoms with Gasteiger partial charge >= 0.3 is 5.97 Å². The molecular formula is C40H49N5O5S. The lowest BCUT2D eigenvalue weighted by molar-refractivity contribution is -0.143. The summed E-state index contributed by atoms with van der Waals surface area (Å²) in [5.41, 5.74) is 3.45. The van der Waals surface area contributed by atoms with Crippen molar-refractivity contribution in [1.82, 2.24) is 25.5 Å². The molecule has 0 aliphatic carbocycles. The summed E-state index contributed by atoms with van der Waals surface area (Å²) in [5.74, 6) is -0.229. The third kappa shape index (κ3) is 10.5. The van der Waals surface area contributed by atoms with Crippen LogP contribution >= 0.6 is 11.3 Å². The molecule has 0 radical (unpaired) electrons. The largest absolute Gasteiger partial charge is 0.494 e. The van der Waals surface area contributed by atoms with Crippen molar-refractivity contribution in [3.05, 3.63) is 88.4 Å². The highest BCUT2D eigenvalue weighted by atomic mass is 32.1. The van der Waals surface area contributed by atoms with E-state index in [1.54, 1.807) is 18.5 Å².